The predicted octanol–water partition coefficient (Wildman–Crippen LogP) is 2.59. The quantitative estimate of drug-likeness (QED) is 0.599. The Kier molecular flexibility index (Phi) is 6.34. The van der Waals surface area contributed by atoms with Crippen molar-refractivity contribution in [2.45, 2.75) is 25.4 Å². The van der Waals surface area contributed by atoms with Crippen LogP contribution in [0.15, 0.2) is 73.3 Å². The largest absolute Gasteiger partial charge is 0.494 e. The van der Waals surface area contributed by atoms with Crippen LogP contribution in [0.2, 0.25) is 0 Å². The fourth-order valence-electron chi connectivity index (χ4n) is 3.15. The van der Waals surface area contributed by atoms with E-state index in [0.717, 1.165) is 22.4 Å². The number of hydrogen-bond donors (Lipinski definition) is 2. The number of amides is 1. The molecule has 3 aromatic rings. The lowest BCUT2D eigenvalue weighted by Crippen LogP contribution is -2.54. The highest BCUT2D eigenvalue weighted by Gasteiger charge is 2.38. The van der Waals surface area contributed by atoms with E-state index in [1.807, 2.05) is 55.5 Å². The molecule has 0 fully saturated rings. The standard InChI is InChI=1S/C22H24N4O2/c1-2-28-20-7-5-19(6-8-20)22(21(23)27,14-18-4-3-11-25-15-18)26-16-17-9-12-24-13-10-17/h3-13,15,26H,2,14,16H2,1H3,(H2,23,27). The Morgan fingerprint density at radius 1 is 1.04 bits per heavy atom. The summed E-state index contributed by atoms with van der Waals surface area (Å²) in [5.74, 6) is 0.301. The van der Waals surface area contributed by atoms with Crippen LogP contribution in [0.5, 0.6) is 5.75 Å². The Morgan fingerprint density at radius 2 is 1.79 bits per heavy atom. The van der Waals surface area contributed by atoms with Gasteiger partial charge in [-0.1, -0.05) is 18.2 Å². The summed E-state index contributed by atoms with van der Waals surface area (Å²) >= 11 is 0. The molecule has 0 aliphatic rings. The van der Waals surface area contributed by atoms with Gasteiger partial charge >= 0.3 is 0 Å². The van der Waals surface area contributed by atoms with E-state index in [2.05, 4.69) is 15.3 Å². The number of carbonyl (C=O) groups is 1. The van der Waals surface area contributed by atoms with E-state index in [9.17, 15) is 4.79 Å². The number of carbonyl (C=O) groups excluding carboxylic acids is 1. The Hall–Kier alpha value is -3.25. The van der Waals surface area contributed by atoms with Crippen LogP contribution in [0.1, 0.15) is 23.6 Å². The van der Waals surface area contributed by atoms with Crippen molar-refractivity contribution < 1.29 is 9.53 Å². The summed E-state index contributed by atoms with van der Waals surface area (Å²) in [6, 6.07) is 15.1. The molecule has 0 saturated heterocycles. The van der Waals surface area contributed by atoms with Crippen LogP contribution in [-0.2, 0) is 23.3 Å². The van der Waals surface area contributed by atoms with Gasteiger partial charge in [-0.25, -0.2) is 0 Å². The van der Waals surface area contributed by atoms with Crippen molar-refractivity contribution >= 4 is 5.91 Å². The lowest BCUT2D eigenvalue weighted by molar-refractivity contribution is -0.125. The second-order valence-electron chi connectivity index (χ2n) is 6.47. The molecule has 3 rings (SSSR count). The summed E-state index contributed by atoms with van der Waals surface area (Å²) in [4.78, 5) is 21.0. The summed E-state index contributed by atoms with van der Waals surface area (Å²) in [6.07, 6.45) is 7.29. The van der Waals surface area contributed by atoms with Gasteiger partial charge in [0.05, 0.1) is 6.61 Å². The van der Waals surface area contributed by atoms with Crippen LogP contribution in [0.3, 0.4) is 0 Å². The van der Waals surface area contributed by atoms with Gasteiger partial charge in [-0.3, -0.25) is 20.1 Å². The Balaban J connectivity index is 1.97. The molecule has 0 bridgehead atoms. The molecule has 6 heteroatoms. The highest BCUT2D eigenvalue weighted by atomic mass is 16.5. The first-order valence-corrected chi connectivity index (χ1v) is 9.20. The van der Waals surface area contributed by atoms with Crippen molar-refractivity contribution in [3.8, 4) is 5.75 Å². The van der Waals surface area contributed by atoms with Gasteiger partial charge in [0.15, 0.2) is 0 Å². The van der Waals surface area contributed by atoms with Crippen LogP contribution in [0, 0.1) is 0 Å². The number of nitrogens with one attached hydrogen (secondary N) is 1. The first kappa shape index (κ1) is 19.5. The van der Waals surface area contributed by atoms with Gasteiger partial charge in [0, 0.05) is 37.8 Å². The molecule has 1 amide bonds. The fraction of sp³-hybridized carbons (Fsp3) is 0.227. The van der Waals surface area contributed by atoms with Crippen molar-refractivity contribution in [2.75, 3.05) is 6.61 Å². The molecule has 2 heterocycles. The maximum Gasteiger partial charge on any atom is 0.242 e. The van der Waals surface area contributed by atoms with Crippen LogP contribution >= 0.6 is 0 Å². The van der Waals surface area contributed by atoms with Crippen molar-refractivity contribution in [3.05, 3.63) is 90.0 Å². The minimum absolute atomic E-state index is 0.384. The molecule has 144 valence electrons. The monoisotopic (exact) mass is 376 g/mol. The third kappa shape index (κ3) is 4.53. The number of nitrogens with zero attached hydrogens (tertiary/aromatic N) is 2. The van der Waals surface area contributed by atoms with Gasteiger partial charge in [-0.15, -0.1) is 0 Å². The smallest absolute Gasteiger partial charge is 0.242 e. The van der Waals surface area contributed by atoms with Crippen molar-refractivity contribution in [1.82, 2.24) is 15.3 Å². The molecule has 0 aliphatic carbocycles. The molecule has 1 atom stereocenters. The summed E-state index contributed by atoms with van der Waals surface area (Å²) in [5, 5.41) is 3.39. The molecule has 2 aromatic heterocycles. The second kappa shape index (κ2) is 9.10. The third-order valence-corrected chi connectivity index (χ3v) is 4.61. The molecule has 3 N–H and O–H groups in total. The Morgan fingerprint density at radius 3 is 2.39 bits per heavy atom. The molecule has 1 aromatic carbocycles. The first-order chi connectivity index (χ1) is 13.6. The first-order valence-electron chi connectivity index (χ1n) is 9.20. The zero-order valence-corrected chi connectivity index (χ0v) is 15.8. The lowest BCUT2D eigenvalue weighted by atomic mass is 9.83. The molecule has 0 saturated carbocycles. The van der Waals surface area contributed by atoms with E-state index in [1.165, 1.54) is 0 Å². The highest BCUT2D eigenvalue weighted by molar-refractivity contribution is 5.86. The van der Waals surface area contributed by atoms with Gasteiger partial charge in [0.25, 0.3) is 0 Å². The molecule has 1 unspecified atom stereocenters. The van der Waals surface area contributed by atoms with Crippen molar-refractivity contribution in [1.29, 1.82) is 0 Å². The highest BCUT2D eigenvalue weighted by Crippen LogP contribution is 2.28. The summed E-state index contributed by atoms with van der Waals surface area (Å²) in [6.45, 7) is 2.98. The molecular weight excluding hydrogens is 352 g/mol. The van der Waals surface area contributed by atoms with Crippen LogP contribution in [0.25, 0.3) is 0 Å². The summed E-state index contributed by atoms with van der Waals surface area (Å²) in [7, 11) is 0. The number of aromatic nitrogens is 2. The average molecular weight is 376 g/mol. The fourth-order valence-corrected chi connectivity index (χ4v) is 3.15. The van der Waals surface area contributed by atoms with E-state index >= 15 is 0 Å². The number of rotatable bonds is 9. The predicted molar refractivity (Wildman–Crippen MR) is 108 cm³/mol. The zero-order chi connectivity index (χ0) is 19.8. The number of nitrogens with two attached hydrogens (primary N) is 1. The summed E-state index contributed by atoms with van der Waals surface area (Å²) in [5.41, 5.74) is 7.57. The van der Waals surface area contributed by atoms with Crippen molar-refractivity contribution in [2.24, 2.45) is 5.73 Å². The van der Waals surface area contributed by atoms with Crippen molar-refractivity contribution in [3.63, 3.8) is 0 Å². The molecule has 0 radical (unpaired) electrons. The number of pyridine rings is 2. The van der Waals surface area contributed by atoms with Gasteiger partial charge < -0.3 is 10.5 Å². The second-order valence-corrected chi connectivity index (χ2v) is 6.47. The van der Waals surface area contributed by atoms with Gasteiger partial charge in [0.2, 0.25) is 5.91 Å². The molecule has 0 spiro atoms. The Bertz CT molecular complexity index is 885. The number of benzene rings is 1. The SMILES string of the molecule is CCOc1ccc(C(Cc2cccnc2)(NCc2ccncc2)C(N)=O)cc1. The number of ether oxygens (including phenoxy) is 1. The number of hydrogen-bond acceptors (Lipinski definition) is 5. The van der Waals surface area contributed by atoms with Crippen LogP contribution < -0.4 is 15.8 Å². The minimum Gasteiger partial charge on any atom is -0.494 e. The minimum atomic E-state index is -1.09. The molecule has 28 heavy (non-hydrogen) atoms. The van der Waals surface area contributed by atoms with E-state index in [1.54, 1.807) is 24.8 Å². The average Bonchev–Trinajstić information content (AvgIpc) is 2.73. The van der Waals surface area contributed by atoms with Gasteiger partial charge in [-0.05, 0) is 53.9 Å². The maximum absolute atomic E-state index is 12.8. The van der Waals surface area contributed by atoms with E-state index in [0.29, 0.717) is 19.6 Å². The van der Waals surface area contributed by atoms with E-state index < -0.39 is 11.4 Å². The molecule has 6 nitrogen and oxygen atoms in total. The zero-order valence-electron chi connectivity index (χ0n) is 15.8. The topological polar surface area (TPSA) is 90.1 Å². The van der Waals surface area contributed by atoms with E-state index in [4.69, 9.17) is 10.5 Å². The molecule has 0 aliphatic heterocycles. The summed E-state index contributed by atoms with van der Waals surface area (Å²) < 4.78 is 5.53. The van der Waals surface area contributed by atoms with Gasteiger partial charge in [0.1, 0.15) is 11.3 Å². The van der Waals surface area contributed by atoms with E-state index in [-0.39, 0.29) is 0 Å². The Labute approximate surface area is 164 Å². The number of primary amides is 1. The van der Waals surface area contributed by atoms with Crippen LogP contribution in [-0.4, -0.2) is 22.5 Å². The normalized spacial score (nSPS) is 12.9. The lowest BCUT2D eigenvalue weighted by Gasteiger charge is -2.33. The maximum atomic E-state index is 12.8. The van der Waals surface area contributed by atoms with Crippen LogP contribution in [0.4, 0.5) is 0 Å². The third-order valence-electron chi connectivity index (χ3n) is 4.61. The molecular formula is C22H24N4O2. The van der Waals surface area contributed by atoms with Gasteiger partial charge in [-0.2, -0.15) is 0 Å².